The molecule has 1 aliphatic rings. The highest BCUT2D eigenvalue weighted by Gasteiger charge is 2.18. The van der Waals surface area contributed by atoms with Gasteiger partial charge in [0.15, 0.2) is 0 Å². The summed E-state index contributed by atoms with van der Waals surface area (Å²) in [5.41, 5.74) is 4.53. The monoisotopic (exact) mass is 317 g/mol. The van der Waals surface area contributed by atoms with Gasteiger partial charge in [-0.25, -0.2) is 4.79 Å². The Labute approximate surface area is 136 Å². The number of anilines is 1. The Morgan fingerprint density at radius 2 is 1.78 bits per heavy atom. The Morgan fingerprint density at radius 3 is 2.43 bits per heavy atom. The number of ether oxygens (including phenoxy) is 2. The fourth-order valence-electron chi connectivity index (χ4n) is 2.80. The lowest BCUT2D eigenvalue weighted by Crippen LogP contribution is -2.15. The summed E-state index contributed by atoms with van der Waals surface area (Å²) >= 11 is 0. The van der Waals surface area contributed by atoms with Gasteiger partial charge in [0.05, 0.1) is 26.2 Å². The highest BCUT2D eigenvalue weighted by molar-refractivity contribution is 5.95. The third-order valence-corrected chi connectivity index (χ3v) is 4.11. The first-order chi connectivity index (χ1) is 11.0. The topological polar surface area (TPSA) is 64.6 Å². The molecule has 23 heavy (non-hydrogen) atoms. The van der Waals surface area contributed by atoms with Crippen molar-refractivity contribution >= 4 is 17.6 Å². The van der Waals surface area contributed by atoms with Crippen LogP contribution in [0.5, 0.6) is 0 Å². The number of nitrogens with one attached hydrogen (secondary N) is 1. The summed E-state index contributed by atoms with van der Waals surface area (Å²) in [4.78, 5) is 23.4. The van der Waals surface area contributed by atoms with Crippen molar-refractivity contribution in [1.82, 2.24) is 0 Å². The van der Waals surface area contributed by atoms with Crippen LogP contribution < -0.4 is 5.32 Å². The van der Waals surface area contributed by atoms with Crippen LogP contribution in [0.3, 0.4) is 0 Å². The third-order valence-electron chi connectivity index (χ3n) is 4.11. The average molecular weight is 317 g/mol. The summed E-state index contributed by atoms with van der Waals surface area (Å²) in [6.07, 6.45) is 4.54. The largest absolute Gasteiger partial charge is 0.469 e. The number of benzene rings is 1. The predicted octanol–water partition coefficient (Wildman–Crippen LogP) is 2.99. The van der Waals surface area contributed by atoms with Crippen LogP contribution in [0.1, 0.15) is 37.3 Å². The summed E-state index contributed by atoms with van der Waals surface area (Å²) in [6.45, 7) is 1.76. The maximum atomic E-state index is 11.9. The van der Waals surface area contributed by atoms with Crippen molar-refractivity contribution in [3.8, 4) is 0 Å². The lowest BCUT2D eigenvalue weighted by molar-refractivity contribution is -0.143. The molecule has 5 heteroatoms. The van der Waals surface area contributed by atoms with E-state index in [0.717, 1.165) is 18.5 Å². The number of fused-ring (bicyclic) bond motifs is 1. The van der Waals surface area contributed by atoms with Gasteiger partial charge >= 0.3 is 11.9 Å². The first-order valence-corrected chi connectivity index (χ1v) is 7.79. The van der Waals surface area contributed by atoms with Crippen molar-refractivity contribution in [2.24, 2.45) is 0 Å². The number of allylic oxidation sites excluding steroid dienone is 1. The molecule has 5 nitrogen and oxygen atoms in total. The molecule has 1 aliphatic carbocycles. The van der Waals surface area contributed by atoms with Gasteiger partial charge in [-0.05, 0) is 55.9 Å². The second-order valence-electron chi connectivity index (χ2n) is 5.66. The lowest BCUT2D eigenvalue weighted by Gasteiger charge is -2.18. The molecule has 0 saturated heterocycles. The second kappa shape index (κ2) is 7.81. The highest BCUT2D eigenvalue weighted by atomic mass is 16.5. The molecule has 0 spiro atoms. The average Bonchev–Trinajstić information content (AvgIpc) is 2.58. The van der Waals surface area contributed by atoms with Crippen molar-refractivity contribution in [2.45, 2.75) is 39.0 Å². The van der Waals surface area contributed by atoms with E-state index in [9.17, 15) is 9.59 Å². The Kier molecular flexibility index (Phi) is 5.79. The zero-order valence-electron chi connectivity index (χ0n) is 13.9. The van der Waals surface area contributed by atoms with Crippen molar-refractivity contribution in [1.29, 1.82) is 0 Å². The number of aryl methyl sites for hydroxylation is 2. The molecule has 0 aromatic heterocycles. The van der Waals surface area contributed by atoms with Gasteiger partial charge in [0, 0.05) is 11.4 Å². The van der Waals surface area contributed by atoms with E-state index in [2.05, 4.69) is 22.2 Å². The molecule has 0 fully saturated rings. The molecule has 0 atom stereocenters. The van der Waals surface area contributed by atoms with Gasteiger partial charge in [-0.2, -0.15) is 0 Å². The van der Waals surface area contributed by atoms with Gasteiger partial charge in [0.2, 0.25) is 0 Å². The fourth-order valence-corrected chi connectivity index (χ4v) is 2.80. The SMILES string of the molecule is COC(=O)CC(C(=O)OC)=C(C)Nc1ccc2c(c1)CCCC2. The van der Waals surface area contributed by atoms with E-state index in [1.165, 1.54) is 38.2 Å². The second-order valence-corrected chi connectivity index (χ2v) is 5.66. The summed E-state index contributed by atoms with van der Waals surface area (Å²) in [5.74, 6) is -1.00. The summed E-state index contributed by atoms with van der Waals surface area (Å²) in [6, 6.07) is 6.24. The fraction of sp³-hybridized carbons (Fsp3) is 0.444. The number of hydrogen-bond donors (Lipinski definition) is 1. The predicted molar refractivity (Wildman–Crippen MR) is 88.1 cm³/mol. The number of esters is 2. The minimum Gasteiger partial charge on any atom is -0.469 e. The van der Waals surface area contributed by atoms with Crippen LogP contribution in [0.2, 0.25) is 0 Å². The van der Waals surface area contributed by atoms with Crippen LogP contribution in [0.25, 0.3) is 0 Å². The molecule has 1 aromatic rings. The Bertz CT molecular complexity index is 634. The van der Waals surface area contributed by atoms with Crippen LogP contribution in [0, 0.1) is 0 Å². The van der Waals surface area contributed by atoms with E-state index < -0.39 is 11.9 Å². The first kappa shape index (κ1) is 17.1. The van der Waals surface area contributed by atoms with Crippen molar-refractivity contribution in [3.63, 3.8) is 0 Å². The van der Waals surface area contributed by atoms with Crippen molar-refractivity contribution in [2.75, 3.05) is 19.5 Å². The van der Waals surface area contributed by atoms with Gasteiger partial charge in [-0.15, -0.1) is 0 Å². The van der Waals surface area contributed by atoms with Crippen LogP contribution in [-0.4, -0.2) is 26.2 Å². The molecule has 0 amide bonds. The Balaban J connectivity index is 2.23. The normalized spacial score (nSPS) is 14.4. The molecular weight excluding hydrogens is 294 g/mol. The van der Waals surface area contributed by atoms with Crippen LogP contribution in [0.4, 0.5) is 5.69 Å². The summed E-state index contributed by atoms with van der Waals surface area (Å²) < 4.78 is 9.40. The quantitative estimate of drug-likeness (QED) is 0.668. The number of carbonyl (C=O) groups is 2. The standard InChI is InChI=1S/C18H23NO4/c1-12(16(18(21)23-3)11-17(20)22-2)19-15-9-8-13-6-4-5-7-14(13)10-15/h8-10,19H,4-7,11H2,1-3H3. The van der Waals surface area contributed by atoms with Gasteiger partial charge in [-0.3, -0.25) is 4.79 Å². The summed E-state index contributed by atoms with van der Waals surface area (Å²) in [7, 11) is 2.59. The maximum absolute atomic E-state index is 11.9. The molecule has 0 unspecified atom stereocenters. The van der Waals surface area contributed by atoms with Gasteiger partial charge < -0.3 is 14.8 Å². The molecular formula is C18H23NO4. The molecule has 124 valence electrons. The van der Waals surface area contributed by atoms with Crippen molar-refractivity contribution in [3.05, 3.63) is 40.6 Å². The van der Waals surface area contributed by atoms with E-state index in [1.807, 2.05) is 6.07 Å². The number of rotatable bonds is 5. The van der Waals surface area contributed by atoms with E-state index in [1.54, 1.807) is 6.92 Å². The zero-order valence-corrected chi connectivity index (χ0v) is 13.9. The smallest absolute Gasteiger partial charge is 0.336 e. The molecule has 1 aromatic carbocycles. The Hall–Kier alpha value is -2.30. The molecule has 0 radical (unpaired) electrons. The minimum atomic E-state index is -0.529. The Morgan fingerprint density at radius 1 is 1.09 bits per heavy atom. The van der Waals surface area contributed by atoms with Crippen LogP contribution >= 0.6 is 0 Å². The molecule has 2 rings (SSSR count). The van der Waals surface area contributed by atoms with E-state index in [4.69, 9.17) is 4.74 Å². The number of carbonyl (C=O) groups excluding carboxylic acids is 2. The van der Waals surface area contributed by atoms with E-state index in [0.29, 0.717) is 5.70 Å². The zero-order chi connectivity index (χ0) is 16.8. The van der Waals surface area contributed by atoms with Gasteiger partial charge in [-0.1, -0.05) is 6.07 Å². The van der Waals surface area contributed by atoms with E-state index in [-0.39, 0.29) is 12.0 Å². The summed E-state index contributed by atoms with van der Waals surface area (Å²) in [5, 5.41) is 3.21. The molecule has 0 aliphatic heterocycles. The molecule has 1 N–H and O–H groups in total. The van der Waals surface area contributed by atoms with Crippen LogP contribution in [-0.2, 0) is 31.9 Å². The molecule has 0 heterocycles. The van der Waals surface area contributed by atoms with Gasteiger partial charge in [0.1, 0.15) is 0 Å². The lowest BCUT2D eigenvalue weighted by atomic mass is 9.91. The van der Waals surface area contributed by atoms with Crippen molar-refractivity contribution < 1.29 is 19.1 Å². The third kappa shape index (κ3) is 4.34. The molecule has 0 bridgehead atoms. The number of methoxy groups -OCH3 is 2. The first-order valence-electron chi connectivity index (χ1n) is 7.79. The highest BCUT2D eigenvalue weighted by Crippen LogP contribution is 2.25. The molecule has 0 saturated carbocycles. The van der Waals surface area contributed by atoms with Gasteiger partial charge in [0.25, 0.3) is 0 Å². The van der Waals surface area contributed by atoms with E-state index >= 15 is 0 Å². The minimum absolute atomic E-state index is 0.118. The van der Waals surface area contributed by atoms with Crippen LogP contribution in [0.15, 0.2) is 29.5 Å². The maximum Gasteiger partial charge on any atom is 0.336 e. The number of hydrogen-bond acceptors (Lipinski definition) is 5.